The fourth-order valence-electron chi connectivity index (χ4n) is 6.67. The second-order valence-electron chi connectivity index (χ2n) is 14.9. The number of rotatable bonds is 11. The maximum Gasteiger partial charge on any atom is 0.407 e. The summed E-state index contributed by atoms with van der Waals surface area (Å²) in [4.78, 5) is 75.8. The maximum absolute atomic E-state index is 14.4. The molecule has 13 nitrogen and oxygen atoms in total. The lowest BCUT2D eigenvalue weighted by atomic mass is 9.81. The van der Waals surface area contributed by atoms with E-state index in [-0.39, 0.29) is 41.8 Å². The monoisotopic (exact) mass is 711 g/mol. The van der Waals surface area contributed by atoms with E-state index in [2.05, 4.69) is 25.6 Å². The average molecular weight is 712 g/mol. The van der Waals surface area contributed by atoms with E-state index in [1.807, 2.05) is 71.9 Å². The highest BCUT2D eigenvalue weighted by Gasteiger charge is 2.36. The third-order valence-electron chi connectivity index (χ3n) is 9.22. The van der Waals surface area contributed by atoms with Gasteiger partial charge in [0.15, 0.2) is 0 Å². The van der Waals surface area contributed by atoms with E-state index in [0.717, 1.165) is 16.7 Å². The number of nitrogens with zero attached hydrogens (tertiary/aromatic N) is 2. The fraction of sp³-hybridized carbons (Fsp3) is 0.436. The molecule has 276 valence electrons. The van der Waals surface area contributed by atoms with Crippen molar-refractivity contribution in [2.45, 2.75) is 91.3 Å². The van der Waals surface area contributed by atoms with E-state index in [1.165, 1.54) is 4.90 Å². The number of amides is 4. The Labute approximate surface area is 303 Å². The average Bonchev–Trinajstić information content (AvgIpc) is 3.45. The van der Waals surface area contributed by atoms with Crippen molar-refractivity contribution < 1.29 is 23.9 Å². The van der Waals surface area contributed by atoms with Crippen LogP contribution in [0.3, 0.4) is 0 Å². The lowest BCUT2D eigenvalue weighted by Gasteiger charge is -2.36. The van der Waals surface area contributed by atoms with Gasteiger partial charge in [-0.2, -0.15) is 0 Å². The molecule has 1 aliphatic carbocycles. The largest absolute Gasteiger partial charge is 0.444 e. The number of nitrogens with two attached hydrogens (primary N) is 1. The lowest BCUT2D eigenvalue weighted by Crippen LogP contribution is -2.52. The maximum atomic E-state index is 14.4. The highest BCUT2D eigenvalue weighted by atomic mass is 16.6. The summed E-state index contributed by atoms with van der Waals surface area (Å²) < 4.78 is 5.36. The van der Waals surface area contributed by atoms with E-state index in [0.29, 0.717) is 60.3 Å². The van der Waals surface area contributed by atoms with Crippen molar-refractivity contribution in [2.24, 2.45) is 17.6 Å². The molecule has 1 saturated carbocycles. The summed E-state index contributed by atoms with van der Waals surface area (Å²) in [5.74, 6) is -1.31. The van der Waals surface area contributed by atoms with Gasteiger partial charge in [-0.3, -0.25) is 19.3 Å². The Hall–Kier alpha value is -5.46. The van der Waals surface area contributed by atoms with Crippen molar-refractivity contribution in [3.63, 3.8) is 0 Å². The smallest absolute Gasteiger partial charge is 0.407 e. The Morgan fingerprint density at radius 2 is 1.63 bits per heavy atom. The molecule has 4 amide bonds. The number of anilines is 1. The zero-order valence-electron chi connectivity index (χ0n) is 30.7. The van der Waals surface area contributed by atoms with Crippen LogP contribution in [0.5, 0.6) is 0 Å². The Morgan fingerprint density at radius 3 is 2.25 bits per heavy atom. The number of aromatic amines is 2. The predicted molar refractivity (Wildman–Crippen MR) is 200 cm³/mol. The van der Waals surface area contributed by atoms with Gasteiger partial charge in [-0.25, -0.2) is 14.6 Å². The number of fused-ring (bicyclic) bond motifs is 1. The highest BCUT2D eigenvalue weighted by Crippen LogP contribution is 2.33. The number of alkyl carbamates (subject to hydrolysis) is 1. The van der Waals surface area contributed by atoms with Crippen LogP contribution < -0.4 is 27.0 Å². The number of aryl methyl sites for hydroxylation is 1. The summed E-state index contributed by atoms with van der Waals surface area (Å²) in [5, 5.41) is 5.70. The molecule has 0 unspecified atom stereocenters. The van der Waals surface area contributed by atoms with Gasteiger partial charge in [0.25, 0.3) is 5.91 Å². The van der Waals surface area contributed by atoms with Crippen molar-refractivity contribution >= 4 is 40.5 Å². The number of benzene rings is 2. The van der Waals surface area contributed by atoms with E-state index in [4.69, 9.17) is 10.5 Å². The van der Waals surface area contributed by atoms with Crippen molar-refractivity contribution in [1.29, 1.82) is 0 Å². The Bertz CT molecular complexity index is 1980. The molecular weight excluding hydrogens is 662 g/mol. The van der Waals surface area contributed by atoms with Crippen molar-refractivity contribution in [3.05, 3.63) is 82.0 Å². The van der Waals surface area contributed by atoms with Crippen LogP contribution in [-0.4, -0.2) is 63.0 Å². The van der Waals surface area contributed by atoms with Crippen molar-refractivity contribution in [3.8, 4) is 11.1 Å². The minimum absolute atomic E-state index is 0.00679. The number of aromatic nitrogens is 3. The van der Waals surface area contributed by atoms with Crippen LogP contribution >= 0.6 is 0 Å². The molecule has 2 aromatic heterocycles. The lowest BCUT2D eigenvalue weighted by molar-refractivity contribution is -0.127. The van der Waals surface area contributed by atoms with Gasteiger partial charge in [-0.1, -0.05) is 30.3 Å². The number of nitrogens with one attached hydrogen (secondary N) is 4. The summed E-state index contributed by atoms with van der Waals surface area (Å²) in [7, 11) is 0. The molecule has 1 atom stereocenters. The van der Waals surface area contributed by atoms with Crippen LogP contribution in [-0.2, 0) is 20.7 Å². The van der Waals surface area contributed by atoms with Crippen LogP contribution in [0, 0.1) is 18.8 Å². The van der Waals surface area contributed by atoms with Crippen LogP contribution in [0.2, 0.25) is 0 Å². The van der Waals surface area contributed by atoms with Crippen molar-refractivity contribution in [2.75, 3.05) is 11.4 Å². The number of H-pyrrole nitrogens is 2. The van der Waals surface area contributed by atoms with Gasteiger partial charge in [0.05, 0.1) is 11.0 Å². The SMILES string of the molecule is Cc1nc(C(=O)NC(C)C)ccc1-c1ccc(C[C@@H](C(N)=O)N(C(=O)C2CCC(CNC(=O)OC(C)(C)C)CC2)c2ccc3[nH]c(=O)[nH]c3c2)cc1. The minimum Gasteiger partial charge on any atom is -0.444 e. The number of carbonyl (C=O) groups excluding carboxylic acids is 4. The molecule has 6 N–H and O–H groups in total. The number of pyridine rings is 1. The summed E-state index contributed by atoms with van der Waals surface area (Å²) in [6, 6.07) is 15.2. The third kappa shape index (κ3) is 9.45. The molecule has 1 aliphatic rings. The van der Waals surface area contributed by atoms with Crippen LogP contribution in [0.25, 0.3) is 22.2 Å². The zero-order chi connectivity index (χ0) is 37.7. The topological polar surface area (TPSA) is 192 Å². The predicted octanol–water partition coefficient (Wildman–Crippen LogP) is 5.13. The first-order valence-electron chi connectivity index (χ1n) is 17.8. The molecule has 2 aromatic carbocycles. The molecule has 4 aromatic rings. The summed E-state index contributed by atoms with van der Waals surface area (Å²) >= 11 is 0. The van der Waals surface area contributed by atoms with Gasteiger partial charge in [0, 0.05) is 41.9 Å². The quantitative estimate of drug-likeness (QED) is 0.142. The zero-order valence-corrected chi connectivity index (χ0v) is 30.7. The number of hydrogen-bond acceptors (Lipinski definition) is 7. The number of primary amides is 1. The van der Waals surface area contributed by atoms with Crippen LogP contribution in [0.1, 0.15) is 82.0 Å². The second-order valence-corrected chi connectivity index (χ2v) is 14.9. The molecule has 13 heteroatoms. The fourth-order valence-corrected chi connectivity index (χ4v) is 6.67. The molecule has 5 rings (SSSR count). The standard InChI is InChI=1S/C39H49N7O6/c1-22(2)42-35(48)31-18-16-29(23(3)43-31)26-11-7-24(8-12-26)19-33(34(40)47)46(28-15-17-30-32(20-28)45-37(50)44-30)36(49)27-13-9-25(10-14-27)21-41-38(51)52-39(4,5)6/h7-8,11-12,15-18,20,22,25,27,33H,9-10,13-14,19,21H2,1-6H3,(H2,40,47)(H,41,51)(H,42,48)(H2,44,45,50)/t25?,27?,33-/m0/s1. The first-order valence-corrected chi connectivity index (χ1v) is 17.8. The molecule has 2 heterocycles. The van der Waals surface area contributed by atoms with Gasteiger partial charge < -0.3 is 31.1 Å². The van der Waals surface area contributed by atoms with Gasteiger partial charge in [-0.05, 0) is 109 Å². The van der Waals surface area contributed by atoms with Crippen LogP contribution in [0.4, 0.5) is 10.5 Å². The minimum atomic E-state index is -1.02. The van der Waals surface area contributed by atoms with Crippen molar-refractivity contribution in [1.82, 2.24) is 25.6 Å². The number of ether oxygens (including phenoxy) is 1. The van der Waals surface area contributed by atoms with Gasteiger partial charge in [0.2, 0.25) is 11.8 Å². The molecule has 0 radical (unpaired) electrons. The van der Waals surface area contributed by atoms with Gasteiger partial charge >= 0.3 is 11.8 Å². The van der Waals surface area contributed by atoms with E-state index in [1.54, 1.807) is 24.3 Å². The normalized spacial score (nSPS) is 16.7. The Balaban J connectivity index is 1.36. The summed E-state index contributed by atoms with van der Waals surface area (Å²) in [6.07, 6.45) is 2.26. The molecule has 0 bridgehead atoms. The highest BCUT2D eigenvalue weighted by molar-refractivity contribution is 6.02. The Morgan fingerprint density at radius 1 is 0.962 bits per heavy atom. The summed E-state index contributed by atoms with van der Waals surface area (Å²) in [5.41, 5.74) is 10.2. The number of imidazole rings is 1. The van der Waals surface area contributed by atoms with E-state index >= 15 is 0 Å². The molecule has 0 saturated heterocycles. The molecular formula is C39H49N7O6. The van der Waals surface area contributed by atoms with Crippen LogP contribution in [0.15, 0.2) is 59.4 Å². The van der Waals surface area contributed by atoms with E-state index < -0.39 is 23.6 Å². The third-order valence-corrected chi connectivity index (χ3v) is 9.22. The molecule has 52 heavy (non-hydrogen) atoms. The van der Waals surface area contributed by atoms with Gasteiger partial charge in [-0.15, -0.1) is 0 Å². The molecule has 1 fully saturated rings. The first kappa shape index (κ1) is 37.8. The van der Waals surface area contributed by atoms with Gasteiger partial charge in [0.1, 0.15) is 17.3 Å². The first-order chi connectivity index (χ1) is 24.6. The molecule has 0 aliphatic heterocycles. The molecule has 0 spiro atoms. The Kier molecular flexibility index (Phi) is 11.5. The second kappa shape index (κ2) is 15.8. The number of carbonyl (C=O) groups is 4. The summed E-state index contributed by atoms with van der Waals surface area (Å²) in [6.45, 7) is 11.5. The number of hydrogen-bond donors (Lipinski definition) is 5. The van der Waals surface area contributed by atoms with E-state index in [9.17, 15) is 24.0 Å².